The number of ether oxygens (including phenoxy) is 1. The molecule has 3 unspecified atom stereocenters. The van der Waals surface area contributed by atoms with Crippen LogP contribution in [0.5, 0.6) is 0 Å². The standard InChI is InChI=1S/C18H37O10P/c1-11(2)7-17(23,15(20)14(19)10-28-29(24,25)26)18(16(21)22,8-12(3)4)27-9-13(5)6/h11-15,19-20,23H,7-10H2,1-6H3,(H,21,22)(H2,24,25,26)/t14?,15?,17?,18-/m0/s1. The van der Waals surface area contributed by atoms with Crippen LogP contribution in [0.25, 0.3) is 0 Å². The van der Waals surface area contributed by atoms with Gasteiger partial charge in [0.05, 0.1) is 13.2 Å². The molecule has 0 bridgehead atoms. The molecular weight excluding hydrogens is 407 g/mol. The van der Waals surface area contributed by atoms with Crippen LogP contribution >= 0.6 is 7.82 Å². The third-order valence-electron chi connectivity index (χ3n) is 4.39. The third kappa shape index (κ3) is 8.22. The zero-order valence-electron chi connectivity index (χ0n) is 18.0. The molecule has 0 rings (SSSR count). The molecule has 0 saturated carbocycles. The molecule has 0 fully saturated rings. The molecule has 29 heavy (non-hydrogen) atoms. The topological polar surface area (TPSA) is 174 Å². The van der Waals surface area contributed by atoms with E-state index in [1.807, 2.05) is 0 Å². The van der Waals surface area contributed by atoms with Crippen molar-refractivity contribution in [3.8, 4) is 0 Å². The Hall–Kier alpha value is -0.580. The number of hydrogen-bond acceptors (Lipinski definition) is 7. The van der Waals surface area contributed by atoms with Crippen LogP contribution in [0.3, 0.4) is 0 Å². The van der Waals surface area contributed by atoms with Crippen molar-refractivity contribution >= 4 is 13.8 Å². The molecule has 0 spiro atoms. The van der Waals surface area contributed by atoms with Gasteiger partial charge in [-0.2, -0.15) is 0 Å². The van der Waals surface area contributed by atoms with Gasteiger partial charge in [0.2, 0.25) is 0 Å². The van der Waals surface area contributed by atoms with E-state index in [4.69, 9.17) is 14.5 Å². The Bertz CT molecular complexity index is 561. The van der Waals surface area contributed by atoms with Crippen LogP contribution in [-0.2, 0) is 18.6 Å². The molecule has 0 aliphatic rings. The number of carbonyl (C=O) groups is 1. The predicted octanol–water partition coefficient (Wildman–Crippen LogP) is 1.14. The van der Waals surface area contributed by atoms with Crippen LogP contribution in [-0.4, -0.2) is 72.8 Å². The Labute approximate surface area is 172 Å². The van der Waals surface area contributed by atoms with Crippen molar-refractivity contribution in [3.05, 3.63) is 0 Å². The molecule has 0 aliphatic heterocycles. The van der Waals surface area contributed by atoms with E-state index in [1.165, 1.54) is 0 Å². The van der Waals surface area contributed by atoms with E-state index in [-0.39, 0.29) is 37.2 Å². The summed E-state index contributed by atoms with van der Waals surface area (Å²) in [5, 5.41) is 42.6. The highest BCUT2D eigenvalue weighted by Crippen LogP contribution is 2.42. The van der Waals surface area contributed by atoms with Gasteiger partial charge in [0, 0.05) is 0 Å². The van der Waals surface area contributed by atoms with Crippen LogP contribution < -0.4 is 0 Å². The second-order valence-electron chi connectivity index (χ2n) is 8.76. The molecule has 0 radical (unpaired) electrons. The summed E-state index contributed by atoms with van der Waals surface area (Å²) in [6, 6.07) is 0. The van der Waals surface area contributed by atoms with Crippen molar-refractivity contribution in [2.24, 2.45) is 17.8 Å². The number of aliphatic hydroxyl groups excluding tert-OH is 2. The van der Waals surface area contributed by atoms with Crippen LogP contribution in [0.4, 0.5) is 0 Å². The highest BCUT2D eigenvalue weighted by Gasteiger charge is 2.62. The van der Waals surface area contributed by atoms with Crippen LogP contribution in [0.15, 0.2) is 0 Å². The number of aliphatic carboxylic acids is 1. The molecule has 0 aromatic rings. The maximum Gasteiger partial charge on any atom is 0.469 e. The largest absolute Gasteiger partial charge is 0.479 e. The normalized spacial score (nSPS) is 19.2. The average molecular weight is 444 g/mol. The summed E-state index contributed by atoms with van der Waals surface area (Å²) in [4.78, 5) is 30.1. The molecule has 11 heteroatoms. The van der Waals surface area contributed by atoms with Crippen molar-refractivity contribution in [2.45, 2.75) is 77.8 Å². The molecule has 0 amide bonds. The minimum Gasteiger partial charge on any atom is -0.479 e. The minimum atomic E-state index is -4.95. The van der Waals surface area contributed by atoms with E-state index in [2.05, 4.69) is 4.52 Å². The zero-order valence-corrected chi connectivity index (χ0v) is 18.9. The molecule has 0 saturated heterocycles. The number of phosphoric ester groups is 1. The van der Waals surface area contributed by atoms with Gasteiger partial charge in [0.25, 0.3) is 0 Å². The molecule has 0 heterocycles. The van der Waals surface area contributed by atoms with E-state index in [0.29, 0.717) is 0 Å². The number of rotatable bonds is 14. The predicted molar refractivity (Wildman–Crippen MR) is 105 cm³/mol. The lowest BCUT2D eigenvalue weighted by atomic mass is 9.68. The Morgan fingerprint density at radius 1 is 0.931 bits per heavy atom. The summed E-state index contributed by atoms with van der Waals surface area (Å²) in [5.74, 6) is -2.15. The molecule has 174 valence electrons. The number of phosphoric acid groups is 1. The third-order valence-corrected chi connectivity index (χ3v) is 4.88. The minimum absolute atomic E-state index is 0.0266. The second kappa shape index (κ2) is 11.2. The summed E-state index contributed by atoms with van der Waals surface area (Å²) in [6.07, 6.45) is -4.50. The summed E-state index contributed by atoms with van der Waals surface area (Å²) < 4.78 is 20.9. The van der Waals surface area contributed by atoms with Gasteiger partial charge in [-0.15, -0.1) is 0 Å². The first-order chi connectivity index (χ1) is 13.0. The van der Waals surface area contributed by atoms with Gasteiger partial charge in [-0.05, 0) is 30.6 Å². The first-order valence-corrected chi connectivity index (χ1v) is 11.2. The van der Waals surface area contributed by atoms with Crippen LogP contribution in [0.1, 0.15) is 54.4 Å². The molecular formula is C18H37O10P. The van der Waals surface area contributed by atoms with Gasteiger partial charge in [0.1, 0.15) is 17.8 Å². The number of carboxylic acids is 1. The van der Waals surface area contributed by atoms with Gasteiger partial charge in [0.15, 0.2) is 5.60 Å². The molecule has 0 aromatic carbocycles. The van der Waals surface area contributed by atoms with Gasteiger partial charge in [-0.25, -0.2) is 9.36 Å². The SMILES string of the molecule is CC(C)CO[C@@](CC(C)C)(C(=O)O)C(O)(CC(C)C)C(O)C(O)COP(=O)(O)O. The first kappa shape index (κ1) is 28.4. The Balaban J connectivity index is 6.31. The van der Waals surface area contributed by atoms with E-state index in [9.17, 15) is 29.8 Å². The number of carboxylic acid groups (broad SMARTS) is 1. The van der Waals surface area contributed by atoms with E-state index in [0.717, 1.165) is 0 Å². The van der Waals surface area contributed by atoms with E-state index < -0.39 is 43.8 Å². The quantitative estimate of drug-likeness (QED) is 0.213. The van der Waals surface area contributed by atoms with Crippen molar-refractivity contribution < 1.29 is 48.8 Å². The highest BCUT2D eigenvalue weighted by molar-refractivity contribution is 7.46. The lowest BCUT2D eigenvalue weighted by Crippen LogP contribution is -2.70. The fourth-order valence-corrected chi connectivity index (χ4v) is 3.66. The van der Waals surface area contributed by atoms with E-state index in [1.54, 1.807) is 41.5 Å². The van der Waals surface area contributed by atoms with Crippen molar-refractivity contribution in [1.82, 2.24) is 0 Å². The Morgan fingerprint density at radius 3 is 1.76 bits per heavy atom. The fourth-order valence-electron chi connectivity index (χ4n) is 3.31. The number of aliphatic hydroxyl groups is 3. The molecule has 0 aromatic heterocycles. The Morgan fingerprint density at radius 2 is 1.41 bits per heavy atom. The van der Waals surface area contributed by atoms with Gasteiger partial charge >= 0.3 is 13.8 Å². The highest BCUT2D eigenvalue weighted by atomic mass is 31.2. The summed E-state index contributed by atoms with van der Waals surface area (Å²) in [5.41, 5.74) is -4.73. The summed E-state index contributed by atoms with van der Waals surface area (Å²) in [7, 11) is -4.95. The van der Waals surface area contributed by atoms with Crippen LogP contribution in [0.2, 0.25) is 0 Å². The monoisotopic (exact) mass is 444 g/mol. The summed E-state index contributed by atoms with van der Waals surface area (Å²) in [6.45, 7) is 9.40. The summed E-state index contributed by atoms with van der Waals surface area (Å²) >= 11 is 0. The van der Waals surface area contributed by atoms with Crippen LogP contribution in [0, 0.1) is 17.8 Å². The number of hydrogen-bond donors (Lipinski definition) is 6. The van der Waals surface area contributed by atoms with E-state index >= 15 is 0 Å². The molecule has 10 nitrogen and oxygen atoms in total. The van der Waals surface area contributed by atoms with Gasteiger partial charge in [-0.3, -0.25) is 4.52 Å². The Kier molecular flexibility index (Phi) is 10.9. The fraction of sp³-hybridized carbons (Fsp3) is 0.944. The smallest absolute Gasteiger partial charge is 0.469 e. The molecule has 6 N–H and O–H groups in total. The molecule has 0 aliphatic carbocycles. The maximum absolute atomic E-state index is 12.4. The van der Waals surface area contributed by atoms with Gasteiger partial charge < -0.3 is 34.9 Å². The zero-order chi connectivity index (χ0) is 23.2. The van der Waals surface area contributed by atoms with Crippen molar-refractivity contribution in [1.29, 1.82) is 0 Å². The molecule has 4 atom stereocenters. The second-order valence-corrected chi connectivity index (χ2v) is 10.00. The lowest BCUT2D eigenvalue weighted by Gasteiger charge is -2.49. The lowest BCUT2D eigenvalue weighted by molar-refractivity contribution is -0.258. The average Bonchev–Trinajstić information content (AvgIpc) is 2.53. The van der Waals surface area contributed by atoms with Crippen molar-refractivity contribution in [3.63, 3.8) is 0 Å². The van der Waals surface area contributed by atoms with Crippen molar-refractivity contribution in [2.75, 3.05) is 13.2 Å². The first-order valence-electron chi connectivity index (χ1n) is 9.64. The maximum atomic E-state index is 12.4. The van der Waals surface area contributed by atoms with Gasteiger partial charge in [-0.1, -0.05) is 41.5 Å².